The summed E-state index contributed by atoms with van der Waals surface area (Å²) in [5.74, 6) is 4.38. The Labute approximate surface area is 247 Å². The number of methoxy groups -OCH3 is 1. The molecule has 1 N–H and O–H groups in total. The van der Waals surface area contributed by atoms with Crippen LogP contribution in [0.2, 0.25) is 0 Å². The maximum Gasteiger partial charge on any atom is 0.223 e. The standard InChI is InChI=1S/C35H52N2O4/c1-22(2)37(31(39)12-8-7-11-23-9-5-4-6-10-23)27-16-15-26-28-19-25-29(38)20-30(40-3)33-32(25)35(26,34(27)41-33)17-18-36(28)21-24-13-14-24/h20,22-24,26-28,34,38H,4-19,21H2,1-3H3/t26-,27+,28+,34-,35-/m0/s1. The third-order valence-corrected chi connectivity index (χ3v) is 12.1. The van der Waals surface area contributed by atoms with Gasteiger partial charge in [0.15, 0.2) is 11.5 Å². The van der Waals surface area contributed by atoms with Crippen LogP contribution >= 0.6 is 0 Å². The van der Waals surface area contributed by atoms with Gasteiger partial charge >= 0.3 is 0 Å². The Kier molecular flexibility index (Phi) is 7.44. The van der Waals surface area contributed by atoms with Gasteiger partial charge in [-0.2, -0.15) is 0 Å². The van der Waals surface area contributed by atoms with Crippen molar-refractivity contribution in [2.24, 2.45) is 17.8 Å². The number of phenolic OH excluding ortho intramolecular Hbond substituents is 1. The number of nitrogens with zero attached hydrogens (tertiary/aromatic N) is 2. The van der Waals surface area contributed by atoms with Gasteiger partial charge in [-0.05, 0) is 83.1 Å². The van der Waals surface area contributed by atoms with E-state index in [2.05, 4.69) is 23.6 Å². The van der Waals surface area contributed by atoms with Crippen molar-refractivity contribution >= 4 is 5.91 Å². The van der Waals surface area contributed by atoms with E-state index < -0.39 is 0 Å². The summed E-state index contributed by atoms with van der Waals surface area (Å²) in [6, 6.07) is 2.40. The van der Waals surface area contributed by atoms with Crippen LogP contribution in [0.3, 0.4) is 0 Å². The molecule has 0 aromatic heterocycles. The van der Waals surface area contributed by atoms with Crippen molar-refractivity contribution in [3.63, 3.8) is 0 Å². The number of carbonyl (C=O) groups excluding carboxylic acids is 1. The molecule has 226 valence electrons. The summed E-state index contributed by atoms with van der Waals surface area (Å²) in [4.78, 5) is 19.0. The minimum atomic E-state index is -0.156. The van der Waals surface area contributed by atoms with Crippen LogP contribution in [-0.2, 0) is 16.6 Å². The molecule has 0 unspecified atom stereocenters. The number of ether oxygens (including phenoxy) is 2. The van der Waals surface area contributed by atoms with Gasteiger partial charge in [0.25, 0.3) is 0 Å². The van der Waals surface area contributed by atoms with E-state index in [4.69, 9.17) is 9.47 Å². The number of phenols is 1. The zero-order chi connectivity index (χ0) is 28.3. The van der Waals surface area contributed by atoms with Gasteiger partial charge in [0.2, 0.25) is 5.91 Å². The molecule has 3 saturated carbocycles. The summed E-state index contributed by atoms with van der Waals surface area (Å²) in [5, 5.41) is 11.3. The molecule has 4 aliphatic carbocycles. The molecule has 41 heavy (non-hydrogen) atoms. The molecule has 6 nitrogen and oxygen atoms in total. The monoisotopic (exact) mass is 564 g/mol. The third-order valence-electron chi connectivity index (χ3n) is 12.1. The minimum absolute atomic E-state index is 0.0536. The van der Waals surface area contributed by atoms with Gasteiger partial charge in [-0.1, -0.05) is 44.9 Å². The number of benzene rings is 1. The Morgan fingerprint density at radius 3 is 2.66 bits per heavy atom. The van der Waals surface area contributed by atoms with Gasteiger partial charge in [-0.15, -0.1) is 0 Å². The van der Waals surface area contributed by atoms with Crippen LogP contribution in [0.4, 0.5) is 0 Å². The first-order chi connectivity index (χ1) is 19.9. The fourth-order valence-electron chi connectivity index (χ4n) is 10.1. The van der Waals surface area contributed by atoms with E-state index in [1.165, 1.54) is 69.9 Å². The second-order valence-electron chi connectivity index (χ2n) is 14.7. The predicted molar refractivity (Wildman–Crippen MR) is 161 cm³/mol. The molecule has 1 saturated heterocycles. The normalized spacial score (nSPS) is 32.5. The lowest BCUT2D eigenvalue weighted by atomic mass is 9.50. The Morgan fingerprint density at radius 2 is 1.93 bits per heavy atom. The van der Waals surface area contributed by atoms with Gasteiger partial charge in [-0.3, -0.25) is 9.69 Å². The largest absolute Gasteiger partial charge is 0.508 e. The number of carbonyl (C=O) groups is 1. The summed E-state index contributed by atoms with van der Waals surface area (Å²) in [5.41, 5.74) is 2.15. The predicted octanol–water partition coefficient (Wildman–Crippen LogP) is 6.60. The minimum Gasteiger partial charge on any atom is -0.508 e. The quantitative estimate of drug-likeness (QED) is 0.325. The first-order valence-electron chi connectivity index (χ1n) is 17.1. The molecule has 0 radical (unpaired) electrons. The summed E-state index contributed by atoms with van der Waals surface area (Å²) < 4.78 is 12.8. The number of piperidine rings is 1. The number of unbranched alkanes of at least 4 members (excludes halogenated alkanes) is 1. The Morgan fingerprint density at radius 1 is 1.12 bits per heavy atom. The van der Waals surface area contributed by atoms with Crippen LogP contribution in [0.5, 0.6) is 17.2 Å². The van der Waals surface area contributed by atoms with Crippen molar-refractivity contribution in [1.82, 2.24) is 9.80 Å². The lowest BCUT2D eigenvalue weighted by molar-refractivity contribution is -0.146. The van der Waals surface area contributed by atoms with Crippen molar-refractivity contribution in [3.05, 3.63) is 17.2 Å². The van der Waals surface area contributed by atoms with E-state index in [0.717, 1.165) is 61.8 Å². The average molecular weight is 565 g/mol. The van der Waals surface area contributed by atoms with Crippen LogP contribution in [-0.4, -0.2) is 65.2 Å². The summed E-state index contributed by atoms with van der Waals surface area (Å²) in [6.45, 7) is 6.65. The highest BCUT2D eigenvalue weighted by atomic mass is 16.5. The number of hydrogen-bond acceptors (Lipinski definition) is 5. The molecule has 2 heterocycles. The summed E-state index contributed by atoms with van der Waals surface area (Å²) >= 11 is 0. The molecule has 5 atom stereocenters. The van der Waals surface area contributed by atoms with E-state index in [0.29, 0.717) is 35.8 Å². The lowest BCUT2D eigenvalue weighted by Crippen LogP contribution is -2.69. The van der Waals surface area contributed by atoms with E-state index in [1.54, 1.807) is 13.2 Å². The fraction of sp³-hybridized carbons (Fsp3) is 0.800. The summed E-state index contributed by atoms with van der Waals surface area (Å²) in [6.07, 6.45) is 17.7. The Bertz CT molecular complexity index is 1140. The van der Waals surface area contributed by atoms with Gasteiger partial charge in [0.05, 0.1) is 13.2 Å². The van der Waals surface area contributed by atoms with E-state index >= 15 is 0 Å². The highest BCUT2D eigenvalue weighted by Crippen LogP contribution is 2.66. The SMILES string of the molecule is COc1cc(O)c2c3c1O[C@H]1[C@H](N(C(=O)CCCCC4CCCCC4)C(C)C)CC[C@H]4[C@@H](C2)N(CC2CC2)CC[C@@]341. The molecule has 2 aliphatic heterocycles. The maximum atomic E-state index is 14.0. The fourth-order valence-corrected chi connectivity index (χ4v) is 10.1. The molecule has 4 fully saturated rings. The number of amides is 1. The van der Waals surface area contributed by atoms with Crippen LogP contribution in [0.25, 0.3) is 0 Å². The lowest BCUT2D eigenvalue weighted by Gasteiger charge is -2.61. The third kappa shape index (κ3) is 4.66. The molecule has 1 aromatic carbocycles. The van der Waals surface area contributed by atoms with Gasteiger partial charge < -0.3 is 19.5 Å². The Hall–Kier alpha value is -1.95. The first-order valence-corrected chi connectivity index (χ1v) is 17.1. The van der Waals surface area contributed by atoms with Gasteiger partial charge in [0, 0.05) is 47.7 Å². The molecule has 1 spiro atoms. The number of likely N-dealkylation sites (tertiary alicyclic amines) is 1. The molecule has 1 amide bonds. The van der Waals surface area contributed by atoms with Crippen LogP contribution in [0.1, 0.15) is 115 Å². The number of hydrogen-bond donors (Lipinski definition) is 1. The van der Waals surface area contributed by atoms with Crippen LogP contribution in [0.15, 0.2) is 6.07 Å². The number of rotatable bonds is 10. The van der Waals surface area contributed by atoms with Crippen molar-refractivity contribution in [2.45, 2.75) is 140 Å². The molecule has 2 bridgehead atoms. The second kappa shape index (κ2) is 11.0. The van der Waals surface area contributed by atoms with E-state index in [9.17, 15) is 9.90 Å². The second-order valence-corrected chi connectivity index (χ2v) is 14.7. The molecular formula is C35H52N2O4. The molecule has 7 rings (SSSR count). The highest BCUT2D eigenvalue weighted by molar-refractivity contribution is 5.77. The molecular weight excluding hydrogens is 512 g/mol. The topological polar surface area (TPSA) is 62.2 Å². The Balaban J connectivity index is 1.16. The van der Waals surface area contributed by atoms with E-state index in [-0.39, 0.29) is 23.6 Å². The van der Waals surface area contributed by atoms with Crippen molar-refractivity contribution in [3.8, 4) is 17.2 Å². The van der Waals surface area contributed by atoms with Gasteiger partial charge in [-0.25, -0.2) is 0 Å². The average Bonchev–Trinajstić information content (AvgIpc) is 3.72. The van der Waals surface area contributed by atoms with Crippen molar-refractivity contribution in [1.29, 1.82) is 0 Å². The zero-order valence-corrected chi connectivity index (χ0v) is 25.7. The summed E-state index contributed by atoms with van der Waals surface area (Å²) in [7, 11) is 1.68. The van der Waals surface area contributed by atoms with E-state index in [1.807, 2.05) is 0 Å². The zero-order valence-electron chi connectivity index (χ0n) is 25.7. The maximum absolute atomic E-state index is 14.0. The first kappa shape index (κ1) is 27.9. The van der Waals surface area contributed by atoms with Gasteiger partial charge in [0.1, 0.15) is 11.9 Å². The van der Waals surface area contributed by atoms with Crippen LogP contribution in [0, 0.1) is 17.8 Å². The molecule has 1 aromatic rings. The van der Waals surface area contributed by atoms with Crippen LogP contribution < -0.4 is 9.47 Å². The number of aromatic hydroxyl groups is 1. The smallest absolute Gasteiger partial charge is 0.223 e. The molecule has 6 heteroatoms. The van der Waals surface area contributed by atoms with Crippen molar-refractivity contribution in [2.75, 3.05) is 20.2 Å². The highest BCUT2D eigenvalue weighted by Gasteiger charge is 2.67. The van der Waals surface area contributed by atoms with Crippen molar-refractivity contribution < 1.29 is 19.4 Å². The molecule has 6 aliphatic rings.